The number of benzene rings is 1. The summed E-state index contributed by atoms with van der Waals surface area (Å²) in [7, 11) is 0. The number of halogens is 2. The fourth-order valence-electron chi connectivity index (χ4n) is 2.07. The number of morpholine rings is 1. The van der Waals surface area contributed by atoms with Crippen LogP contribution in [0, 0.1) is 5.82 Å². The molecule has 0 saturated carbocycles. The molecule has 2 amide bonds. The summed E-state index contributed by atoms with van der Waals surface area (Å²) < 4.78 is 18.9. The largest absolute Gasteiger partial charge is 0.378 e. The highest BCUT2D eigenvalue weighted by Crippen LogP contribution is 2.18. The highest BCUT2D eigenvalue weighted by Gasteiger charge is 2.24. The Morgan fingerprint density at radius 2 is 2.05 bits per heavy atom. The Balaban J connectivity index is 2.01. The van der Waals surface area contributed by atoms with Crippen LogP contribution in [0.1, 0.15) is 17.3 Å². The monoisotopic (exact) mass is 358 g/mol. The number of carbonyl (C=O) groups excluding carboxylic acids is 2. The van der Waals surface area contributed by atoms with E-state index in [1.165, 1.54) is 12.1 Å². The van der Waals surface area contributed by atoms with Gasteiger partial charge in [0.2, 0.25) is 5.91 Å². The Kier molecular flexibility index (Phi) is 5.30. The number of ether oxygens (including phenoxy) is 1. The van der Waals surface area contributed by atoms with Gasteiger partial charge in [-0.25, -0.2) is 4.39 Å². The van der Waals surface area contributed by atoms with E-state index in [-0.39, 0.29) is 11.5 Å². The van der Waals surface area contributed by atoms with Crippen LogP contribution in [0.25, 0.3) is 0 Å². The summed E-state index contributed by atoms with van der Waals surface area (Å²) in [5.74, 6) is -1.16. The third-order valence-electron chi connectivity index (χ3n) is 3.21. The lowest BCUT2D eigenvalue weighted by Gasteiger charge is -2.29. The van der Waals surface area contributed by atoms with Gasteiger partial charge in [0.05, 0.1) is 18.8 Å². The molecule has 0 spiro atoms. The number of hydrogen-bond acceptors (Lipinski definition) is 3. The third kappa shape index (κ3) is 4.01. The topological polar surface area (TPSA) is 58.6 Å². The highest BCUT2D eigenvalue weighted by atomic mass is 79.9. The van der Waals surface area contributed by atoms with Gasteiger partial charge in [-0.15, -0.1) is 0 Å². The predicted molar refractivity (Wildman–Crippen MR) is 78.4 cm³/mol. The van der Waals surface area contributed by atoms with E-state index in [9.17, 15) is 14.0 Å². The van der Waals surface area contributed by atoms with Gasteiger partial charge in [-0.05, 0) is 41.1 Å². The molecule has 1 fully saturated rings. The van der Waals surface area contributed by atoms with Crippen LogP contribution in [0.2, 0.25) is 0 Å². The summed E-state index contributed by atoms with van der Waals surface area (Å²) in [6.45, 7) is 3.65. The molecule has 1 aromatic rings. The summed E-state index contributed by atoms with van der Waals surface area (Å²) in [6, 6.07) is 3.17. The summed E-state index contributed by atoms with van der Waals surface area (Å²) in [5, 5.41) is 2.59. The molecule has 1 aliphatic heterocycles. The van der Waals surface area contributed by atoms with Gasteiger partial charge in [0.25, 0.3) is 5.91 Å². The minimum atomic E-state index is -0.675. The van der Waals surface area contributed by atoms with E-state index in [0.29, 0.717) is 30.8 Å². The third-order valence-corrected chi connectivity index (χ3v) is 3.91. The van der Waals surface area contributed by atoms with Gasteiger partial charge in [0.1, 0.15) is 11.9 Å². The van der Waals surface area contributed by atoms with Gasteiger partial charge in [-0.2, -0.15) is 0 Å². The van der Waals surface area contributed by atoms with Crippen molar-refractivity contribution in [1.82, 2.24) is 10.2 Å². The van der Waals surface area contributed by atoms with Crippen LogP contribution >= 0.6 is 15.9 Å². The van der Waals surface area contributed by atoms with Crippen LogP contribution in [0.4, 0.5) is 4.39 Å². The second-order valence-corrected chi connectivity index (χ2v) is 5.61. The van der Waals surface area contributed by atoms with E-state index in [1.54, 1.807) is 11.8 Å². The van der Waals surface area contributed by atoms with Crippen LogP contribution in [0.15, 0.2) is 22.7 Å². The van der Waals surface area contributed by atoms with Gasteiger partial charge >= 0.3 is 0 Å². The van der Waals surface area contributed by atoms with E-state index >= 15 is 0 Å². The van der Waals surface area contributed by atoms with Crippen molar-refractivity contribution in [2.75, 3.05) is 26.3 Å². The van der Waals surface area contributed by atoms with Crippen LogP contribution in [-0.2, 0) is 9.53 Å². The SMILES string of the molecule is CC(NC(=O)c1cc(F)ccc1Br)C(=O)N1CCOCC1. The van der Waals surface area contributed by atoms with E-state index in [2.05, 4.69) is 21.2 Å². The first-order valence-corrected chi connectivity index (χ1v) is 7.41. The maximum absolute atomic E-state index is 13.2. The molecule has 1 aromatic carbocycles. The average molecular weight is 359 g/mol. The predicted octanol–water partition coefficient (Wildman–Crippen LogP) is 1.57. The Bertz CT molecular complexity index is 547. The molecule has 5 nitrogen and oxygen atoms in total. The lowest BCUT2D eigenvalue weighted by molar-refractivity contribution is -0.136. The summed E-state index contributed by atoms with van der Waals surface area (Å²) >= 11 is 3.20. The van der Waals surface area contributed by atoms with Crippen molar-refractivity contribution in [1.29, 1.82) is 0 Å². The molecule has 1 atom stereocenters. The molecular weight excluding hydrogens is 343 g/mol. The van der Waals surface area contributed by atoms with E-state index in [4.69, 9.17) is 4.74 Å². The Morgan fingerprint density at radius 1 is 1.38 bits per heavy atom. The molecule has 0 aromatic heterocycles. The van der Waals surface area contributed by atoms with E-state index < -0.39 is 17.8 Å². The van der Waals surface area contributed by atoms with Crippen molar-refractivity contribution in [3.8, 4) is 0 Å². The standard InChI is InChI=1S/C14H16BrFN2O3/c1-9(14(20)18-4-6-21-7-5-18)17-13(19)11-8-10(16)2-3-12(11)15/h2-3,8-9H,4-7H2,1H3,(H,17,19). The number of carbonyl (C=O) groups is 2. The molecule has 7 heteroatoms. The molecule has 0 aliphatic carbocycles. The minimum absolute atomic E-state index is 0.164. The van der Waals surface area contributed by atoms with E-state index in [1.807, 2.05) is 0 Å². The summed E-state index contributed by atoms with van der Waals surface area (Å²) in [6.07, 6.45) is 0. The van der Waals surface area contributed by atoms with E-state index in [0.717, 1.165) is 6.07 Å². The zero-order chi connectivity index (χ0) is 15.4. The molecular formula is C14H16BrFN2O3. The molecule has 1 unspecified atom stereocenters. The van der Waals surface area contributed by atoms with Crippen molar-refractivity contribution in [3.05, 3.63) is 34.1 Å². The smallest absolute Gasteiger partial charge is 0.253 e. The fraction of sp³-hybridized carbons (Fsp3) is 0.429. The molecule has 1 N–H and O–H groups in total. The molecule has 1 heterocycles. The first-order chi connectivity index (χ1) is 9.99. The summed E-state index contributed by atoms with van der Waals surface area (Å²) in [4.78, 5) is 25.9. The highest BCUT2D eigenvalue weighted by molar-refractivity contribution is 9.10. The molecule has 1 aliphatic rings. The lowest BCUT2D eigenvalue weighted by Crippen LogP contribution is -2.50. The maximum atomic E-state index is 13.2. The fourth-order valence-corrected chi connectivity index (χ4v) is 2.49. The van der Waals surface area contributed by atoms with Gasteiger partial charge in [-0.1, -0.05) is 0 Å². The van der Waals surface area contributed by atoms with Crippen LogP contribution < -0.4 is 5.32 Å². The minimum Gasteiger partial charge on any atom is -0.378 e. The zero-order valence-corrected chi connectivity index (χ0v) is 13.2. The Labute approximate surface area is 130 Å². The number of nitrogens with one attached hydrogen (secondary N) is 1. The van der Waals surface area contributed by atoms with Crippen molar-refractivity contribution >= 4 is 27.7 Å². The van der Waals surface area contributed by atoms with Gasteiger partial charge in [-0.3, -0.25) is 9.59 Å². The second kappa shape index (κ2) is 7.00. The van der Waals surface area contributed by atoms with Crippen molar-refractivity contribution in [2.45, 2.75) is 13.0 Å². The maximum Gasteiger partial charge on any atom is 0.253 e. The first-order valence-electron chi connectivity index (χ1n) is 6.61. The number of amides is 2. The number of nitrogens with zero attached hydrogens (tertiary/aromatic N) is 1. The summed E-state index contributed by atoms with van der Waals surface area (Å²) in [5.41, 5.74) is 0.164. The van der Waals surface area contributed by atoms with Crippen molar-refractivity contribution in [2.24, 2.45) is 0 Å². The molecule has 0 bridgehead atoms. The molecule has 21 heavy (non-hydrogen) atoms. The Hall–Kier alpha value is -1.47. The molecule has 2 rings (SSSR count). The quantitative estimate of drug-likeness (QED) is 0.891. The average Bonchev–Trinajstić information content (AvgIpc) is 2.49. The van der Waals surface area contributed by atoms with Crippen LogP contribution in [-0.4, -0.2) is 49.1 Å². The molecule has 0 radical (unpaired) electrons. The number of rotatable bonds is 3. The molecule has 114 valence electrons. The van der Waals surface area contributed by atoms with Gasteiger partial charge in [0, 0.05) is 17.6 Å². The normalized spacial score (nSPS) is 16.4. The number of hydrogen-bond donors (Lipinski definition) is 1. The molecule has 1 saturated heterocycles. The zero-order valence-electron chi connectivity index (χ0n) is 11.6. The van der Waals surface area contributed by atoms with Crippen molar-refractivity contribution < 1.29 is 18.7 Å². The van der Waals surface area contributed by atoms with Gasteiger partial charge < -0.3 is 15.0 Å². The van der Waals surface area contributed by atoms with Crippen LogP contribution in [0.3, 0.4) is 0 Å². The van der Waals surface area contributed by atoms with Crippen molar-refractivity contribution in [3.63, 3.8) is 0 Å². The Morgan fingerprint density at radius 3 is 2.71 bits per heavy atom. The first kappa shape index (κ1) is 15.9. The lowest BCUT2D eigenvalue weighted by atomic mass is 10.2. The van der Waals surface area contributed by atoms with Gasteiger partial charge in [0.15, 0.2) is 0 Å². The second-order valence-electron chi connectivity index (χ2n) is 4.76. The van der Waals surface area contributed by atoms with Crippen LogP contribution in [0.5, 0.6) is 0 Å².